The van der Waals surface area contributed by atoms with Crippen molar-refractivity contribution in [2.24, 2.45) is 10.2 Å². The smallest absolute Gasteiger partial charge is 0.187 e. The molecule has 2 heterocycles. The van der Waals surface area contributed by atoms with Crippen LogP contribution in [0.1, 0.15) is 11.1 Å². The van der Waals surface area contributed by atoms with Gasteiger partial charge >= 0.3 is 0 Å². The maximum absolute atomic E-state index is 13.4. The van der Waals surface area contributed by atoms with Crippen molar-refractivity contribution in [3.63, 3.8) is 0 Å². The van der Waals surface area contributed by atoms with Gasteiger partial charge in [-0.15, -0.1) is 10.2 Å². The second-order valence-corrected chi connectivity index (χ2v) is 6.26. The van der Waals surface area contributed by atoms with E-state index in [0.717, 1.165) is 22.5 Å². The number of halogens is 1. The molecule has 26 heavy (non-hydrogen) atoms. The van der Waals surface area contributed by atoms with Crippen molar-refractivity contribution in [1.29, 1.82) is 0 Å². The molecule has 0 aliphatic rings. The third-order valence-electron chi connectivity index (χ3n) is 4.13. The molecule has 0 atom stereocenters. The number of azo groups is 1. The van der Waals surface area contributed by atoms with Crippen LogP contribution in [-0.2, 0) is 0 Å². The fraction of sp³-hybridized carbons (Fsp3) is 0.0952. The van der Waals surface area contributed by atoms with Gasteiger partial charge in [-0.25, -0.2) is 9.37 Å². The zero-order valence-electron chi connectivity index (χ0n) is 14.5. The fourth-order valence-electron chi connectivity index (χ4n) is 2.78. The minimum absolute atomic E-state index is 0.339. The second kappa shape index (κ2) is 6.52. The number of nitrogens with zero attached hydrogens (tertiary/aromatic N) is 4. The summed E-state index contributed by atoms with van der Waals surface area (Å²) in [5, 5.41) is 8.62. The predicted octanol–water partition coefficient (Wildman–Crippen LogP) is 6.17. The highest BCUT2D eigenvalue weighted by molar-refractivity contribution is 5.74. The highest BCUT2D eigenvalue weighted by atomic mass is 19.1. The third-order valence-corrected chi connectivity index (χ3v) is 4.13. The number of pyridine rings is 1. The Morgan fingerprint density at radius 1 is 0.885 bits per heavy atom. The molecular weight excluding hydrogens is 327 g/mol. The van der Waals surface area contributed by atoms with Gasteiger partial charge in [0.05, 0.1) is 5.69 Å². The molecule has 0 radical (unpaired) electrons. The first-order chi connectivity index (χ1) is 12.6. The highest BCUT2D eigenvalue weighted by Gasteiger charge is 2.14. The maximum atomic E-state index is 13.4. The van der Waals surface area contributed by atoms with Gasteiger partial charge in [-0.3, -0.25) is 4.40 Å². The molecule has 0 N–H and O–H groups in total. The van der Waals surface area contributed by atoms with E-state index in [2.05, 4.69) is 10.2 Å². The first kappa shape index (κ1) is 16.1. The predicted molar refractivity (Wildman–Crippen MR) is 101 cm³/mol. The molecule has 4 nitrogen and oxygen atoms in total. The van der Waals surface area contributed by atoms with Gasteiger partial charge in [-0.1, -0.05) is 42.0 Å². The molecule has 0 spiro atoms. The highest BCUT2D eigenvalue weighted by Crippen LogP contribution is 2.32. The van der Waals surface area contributed by atoms with Gasteiger partial charge in [-0.05, 0) is 37.6 Å². The van der Waals surface area contributed by atoms with Crippen LogP contribution in [0.2, 0.25) is 0 Å². The Labute approximate surface area is 150 Å². The first-order valence-corrected chi connectivity index (χ1v) is 8.33. The quantitative estimate of drug-likeness (QED) is 0.410. The lowest BCUT2D eigenvalue weighted by molar-refractivity contribution is 0.628. The van der Waals surface area contributed by atoms with Gasteiger partial charge in [-0.2, -0.15) is 0 Å². The summed E-state index contributed by atoms with van der Waals surface area (Å²) in [5.41, 5.74) is 5.23. The summed E-state index contributed by atoms with van der Waals surface area (Å²) in [6, 6.07) is 18.1. The van der Waals surface area contributed by atoms with E-state index in [4.69, 9.17) is 4.98 Å². The van der Waals surface area contributed by atoms with Crippen molar-refractivity contribution in [2.75, 3.05) is 0 Å². The Hall–Kier alpha value is -3.34. The molecule has 0 amide bonds. The van der Waals surface area contributed by atoms with Crippen LogP contribution in [0.3, 0.4) is 0 Å². The summed E-state index contributed by atoms with van der Waals surface area (Å²) < 4.78 is 15.3. The van der Waals surface area contributed by atoms with Crippen molar-refractivity contribution < 1.29 is 4.39 Å². The van der Waals surface area contributed by atoms with Crippen molar-refractivity contribution in [2.45, 2.75) is 13.8 Å². The maximum Gasteiger partial charge on any atom is 0.187 e. The standard InChI is InChI=1S/C21H17FN4/c1-14-6-9-16(10-7-14)20-21(25-24-18-5-3-4-17(22)12-18)26-13-15(2)8-11-19(26)23-20/h3-13H,1-2H3. The average molecular weight is 344 g/mol. The number of imidazole rings is 1. The molecule has 128 valence electrons. The van der Waals surface area contributed by atoms with Gasteiger partial charge in [0.25, 0.3) is 0 Å². The van der Waals surface area contributed by atoms with Gasteiger partial charge < -0.3 is 0 Å². The van der Waals surface area contributed by atoms with Crippen molar-refractivity contribution in [3.8, 4) is 11.3 Å². The molecule has 0 aliphatic heterocycles. The molecule has 0 bridgehead atoms. The van der Waals surface area contributed by atoms with Gasteiger partial charge in [0.1, 0.15) is 17.2 Å². The van der Waals surface area contributed by atoms with Crippen LogP contribution in [0.4, 0.5) is 15.9 Å². The summed E-state index contributed by atoms with van der Waals surface area (Å²) in [5.74, 6) is 0.283. The molecule has 0 fully saturated rings. The van der Waals surface area contributed by atoms with E-state index >= 15 is 0 Å². The molecular formula is C21H17FN4. The van der Waals surface area contributed by atoms with Crippen molar-refractivity contribution in [3.05, 3.63) is 83.8 Å². The number of rotatable bonds is 3. The van der Waals surface area contributed by atoms with Gasteiger partial charge in [0.15, 0.2) is 5.82 Å². The first-order valence-electron chi connectivity index (χ1n) is 8.33. The van der Waals surface area contributed by atoms with Crippen LogP contribution in [0.5, 0.6) is 0 Å². The third kappa shape index (κ3) is 3.11. The molecule has 0 unspecified atom stereocenters. The van der Waals surface area contributed by atoms with Crippen molar-refractivity contribution >= 4 is 17.2 Å². The Kier molecular flexibility index (Phi) is 4.05. The van der Waals surface area contributed by atoms with E-state index in [0.29, 0.717) is 11.5 Å². The minimum Gasteiger partial charge on any atom is -0.282 e. The van der Waals surface area contributed by atoms with E-state index in [1.54, 1.807) is 12.1 Å². The lowest BCUT2D eigenvalue weighted by atomic mass is 10.1. The van der Waals surface area contributed by atoms with E-state index in [1.807, 2.05) is 60.8 Å². The van der Waals surface area contributed by atoms with Crippen LogP contribution in [0.15, 0.2) is 77.1 Å². The Balaban J connectivity index is 1.88. The van der Waals surface area contributed by atoms with Crippen LogP contribution in [0, 0.1) is 19.7 Å². The summed E-state index contributed by atoms with van der Waals surface area (Å²) in [7, 11) is 0. The SMILES string of the molecule is Cc1ccc(-c2nc3ccc(C)cn3c2N=Nc2cccc(F)c2)cc1. The molecule has 4 rings (SSSR count). The summed E-state index contributed by atoms with van der Waals surface area (Å²) in [6.45, 7) is 4.06. The molecule has 2 aromatic heterocycles. The number of aryl methyl sites for hydroxylation is 2. The number of benzene rings is 2. The lowest BCUT2D eigenvalue weighted by Gasteiger charge is -2.01. The fourth-order valence-corrected chi connectivity index (χ4v) is 2.78. The summed E-state index contributed by atoms with van der Waals surface area (Å²) >= 11 is 0. The van der Waals surface area contributed by atoms with Crippen LogP contribution >= 0.6 is 0 Å². The van der Waals surface area contributed by atoms with E-state index in [9.17, 15) is 4.39 Å². The van der Waals surface area contributed by atoms with Crippen molar-refractivity contribution in [1.82, 2.24) is 9.38 Å². The zero-order valence-corrected chi connectivity index (χ0v) is 14.5. The van der Waals surface area contributed by atoms with E-state index in [-0.39, 0.29) is 5.82 Å². The summed E-state index contributed by atoms with van der Waals surface area (Å²) in [6.07, 6.45) is 1.97. The van der Waals surface area contributed by atoms with Gasteiger partial charge in [0, 0.05) is 17.8 Å². The van der Waals surface area contributed by atoms with E-state index < -0.39 is 0 Å². The molecule has 0 aliphatic carbocycles. The van der Waals surface area contributed by atoms with Crippen LogP contribution in [0.25, 0.3) is 16.9 Å². The van der Waals surface area contributed by atoms with Crippen LogP contribution < -0.4 is 0 Å². The largest absolute Gasteiger partial charge is 0.282 e. The zero-order chi connectivity index (χ0) is 18.1. The number of hydrogen-bond donors (Lipinski definition) is 0. The number of fused-ring (bicyclic) bond motifs is 1. The minimum atomic E-state index is -0.339. The second-order valence-electron chi connectivity index (χ2n) is 6.26. The average Bonchev–Trinajstić information content (AvgIpc) is 2.98. The molecule has 4 aromatic rings. The normalized spacial score (nSPS) is 11.5. The molecule has 5 heteroatoms. The molecule has 0 saturated carbocycles. The van der Waals surface area contributed by atoms with Crippen LogP contribution in [-0.4, -0.2) is 9.38 Å². The topological polar surface area (TPSA) is 42.0 Å². The van der Waals surface area contributed by atoms with Gasteiger partial charge in [0.2, 0.25) is 0 Å². The lowest BCUT2D eigenvalue weighted by Crippen LogP contribution is -1.85. The number of aromatic nitrogens is 2. The Morgan fingerprint density at radius 3 is 2.42 bits per heavy atom. The molecule has 0 saturated heterocycles. The monoisotopic (exact) mass is 344 g/mol. The van der Waals surface area contributed by atoms with E-state index in [1.165, 1.54) is 17.7 Å². The number of hydrogen-bond acceptors (Lipinski definition) is 3. The Bertz CT molecular complexity index is 1110. The summed E-state index contributed by atoms with van der Waals surface area (Å²) in [4.78, 5) is 4.72. The Morgan fingerprint density at radius 2 is 1.65 bits per heavy atom. The molecule has 2 aromatic carbocycles.